The molecule has 1 aliphatic carbocycles. The summed E-state index contributed by atoms with van der Waals surface area (Å²) < 4.78 is 5.14. The van der Waals surface area contributed by atoms with Gasteiger partial charge in [0.15, 0.2) is 0 Å². The van der Waals surface area contributed by atoms with Gasteiger partial charge in [-0.1, -0.05) is 0 Å². The first-order valence-electron chi connectivity index (χ1n) is 5.74. The van der Waals surface area contributed by atoms with E-state index in [1.54, 1.807) is 0 Å². The molecular weight excluding hydrogens is 194 g/mol. The van der Waals surface area contributed by atoms with Gasteiger partial charge in [0, 0.05) is 19.7 Å². The van der Waals surface area contributed by atoms with Crippen LogP contribution in [0.25, 0.3) is 0 Å². The van der Waals surface area contributed by atoms with Crippen molar-refractivity contribution in [3.63, 3.8) is 0 Å². The van der Waals surface area contributed by atoms with E-state index in [2.05, 4.69) is 4.90 Å². The molecule has 0 saturated heterocycles. The summed E-state index contributed by atoms with van der Waals surface area (Å²) in [6, 6.07) is 0. The van der Waals surface area contributed by atoms with Gasteiger partial charge in [-0.2, -0.15) is 0 Å². The third-order valence-corrected chi connectivity index (χ3v) is 2.82. The largest absolute Gasteiger partial charge is 0.393 e. The first kappa shape index (κ1) is 12.9. The molecule has 4 nitrogen and oxygen atoms in total. The van der Waals surface area contributed by atoms with Crippen LogP contribution in [0.4, 0.5) is 0 Å². The zero-order chi connectivity index (χ0) is 11.3. The fraction of sp³-hybridized carbons (Fsp3) is 1.00. The van der Waals surface area contributed by atoms with Gasteiger partial charge in [0.1, 0.15) is 0 Å². The maximum Gasteiger partial charge on any atom is 0.0900 e. The van der Waals surface area contributed by atoms with Crippen molar-refractivity contribution >= 4 is 0 Å². The van der Waals surface area contributed by atoms with Crippen molar-refractivity contribution in [3.05, 3.63) is 0 Å². The van der Waals surface area contributed by atoms with Gasteiger partial charge in [-0.05, 0) is 32.7 Å². The topological polar surface area (TPSA) is 52.9 Å². The molecule has 0 aromatic carbocycles. The molecule has 1 unspecified atom stereocenters. The second-order valence-corrected chi connectivity index (χ2v) is 4.53. The van der Waals surface area contributed by atoms with E-state index in [1.807, 2.05) is 14.0 Å². The average Bonchev–Trinajstić information content (AvgIpc) is 2.12. The van der Waals surface area contributed by atoms with Crippen LogP contribution in [0.15, 0.2) is 0 Å². The molecule has 0 radical (unpaired) electrons. The number of ether oxygens (including phenoxy) is 1. The normalized spacial score (nSPS) is 27.8. The van der Waals surface area contributed by atoms with Crippen LogP contribution in [0.2, 0.25) is 0 Å². The van der Waals surface area contributed by atoms with Gasteiger partial charge in [-0.25, -0.2) is 0 Å². The molecule has 1 fully saturated rings. The molecule has 1 saturated carbocycles. The van der Waals surface area contributed by atoms with Crippen LogP contribution in [0.1, 0.15) is 19.8 Å². The van der Waals surface area contributed by atoms with Crippen LogP contribution in [0, 0.1) is 5.92 Å². The summed E-state index contributed by atoms with van der Waals surface area (Å²) in [7, 11) is 2.00. The Kier molecular flexibility index (Phi) is 5.53. The minimum Gasteiger partial charge on any atom is -0.393 e. The number of nitrogens with zero attached hydrogens (tertiary/aromatic N) is 1. The summed E-state index contributed by atoms with van der Waals surface area (Å²) in [4.78, 5) is 2.11. The fourth-order valence-corrected chi connectivity index (χ4v) is 2.03. The Balaban J connectivity index is 2.04. The summed E-state index contributed by atoms with van der Waals surface area (Å²) in [5, 5.41) is 18.7. The summed E-state index contributed by atoms with van der Waals surface area (Å²) in [6.07, 6.45) is 1.33. The van der Waals surface area contributed by atoms with E-state index in [4.69, 9.17) is 9.84 Å². The van der Waals surface area contributed by atoms with E-state index in [-0.39, 0.29) is 6.10 Å². The van der Waals surface area contributed by atoms with Gasteiger partial charge in [-0.3, -0.25) is 0 Å². The van der Waals surface area contributed by atoms with Gasteiger partial charge in [-0.15, -0.1) is 0 Å². The maximum atomic E-state index is 9.59. The Hall–Kier alpha value is -0.160. The summed E-state index contributed by atoms with van der Waals surface area (Å²) in [5.74, 6) is 0.601. The quantitative estimate of drug-likeness (QED) is 0.634. The molecule has 0 amide bonds. The fourth-order valence-electron chi connectivity index (χ4n) is 2.03. The van der Waals surface area contributed by atoms with Crippen LogP contribution >= 0.6 is 0 Å². The van der Waals surface area contributed by atoms with Crippen molar-refractivity contribution in [1.29, 1.82) is 0 Å². The average molecular weight is 217 g/mol. The number of likely N-dealkylation sites (N-methyl/N-ethyl adjacent to an activating group) is 1. The minimum atomic E-state index is -0.403. The van der Waals surface area contributed by atoms with E-state index in [0.717, 1.165) is 19.4 Å². The van der Waals surface area contributed by atoms with Crippen molar-refractivity contribution in [1.82, 2.24) is 4.90 Å². The first-order chi connectivity index (χ1) is 7.11. The van der Waals surface area contributed by atoms with E-state index < -0.39 is 6.10 Å². The molecule has 0 spiro atoms. The number of rotatable bonds is 7. The highest BCUT2D eigenvalue weighted by atomic mass is 16.5. The minimum absolute atomic E-state index is 0.0863. The van der Waals surface area contributed by atoms with Gasteiger partial charge in [0.05, 0.1) is 18.8 Å². The highest BCUT2D eigenvalue weighted by molar-refractivity contribution is 4.80. The van der Waals surface area contributed by atoms with Crippen molar-refractivity contribution in [3.8, 4) is 0 Å². The van der Waals surface area contributed by atoms with E-state index >= 15 is 0 Å². The Bertz CT molecular complexity index is 171. The molecule has 1 rings (SSSR count). The molecule has 90 valence electrons. The van der Waals surface area contributed by atoms with Crippen molar-refractivity contribution in [2.45, 2.75) is 32.0 Å². The smallest absolute Gasteiger partial charge is 0.0900 e. The highest BCUT2D eigenvalue weighted by Gasteiger charge is 2.28. The van der Waals surface area contributed by atoms with Crippen molar-refractivity contribution < 1.29 is 14.9 Å². The van der Waals surface area contributed by atoms with Crippen molar-refractivity contribution in [2.24, 2.45) is 5.92 Å². The maximum absolute atomic E-state index is 9.59. The van der Waals surface area contributed by atoms with E-state index in [0.29, 0.717) is 25.7 Å². The molecular formula is C11H23NO3. The van der Waals surface area contributed by atoms with Crippen molar-refractivity contribution in [2.75, 3.05) is 33.4 Å². The predicted molar refractivity (Wildman–Crippen MR) is 58.7 cm³/mol. The number of hydrogen-bond acceptors (Lipinski definition) is 4. The first-order valence-corrected chi connectivity index (χ1v) is 5.74. The Labute approximate surface area is 91.8 Å². The molecule has 0 bridgehead atoms. The zero-order valence-corrected chi connectivity index (χ0v) is 9.72. The van der Waals surface area contributed by atoms with E-state index in [9.17, 15) is 5.11 Å². The predicted octanol–water partition coefficient (Wildman–Crippen LogP) is 0.0865. The number of aliphatic hydroxyl groups is 2. The standard InChI is InChI=1S/C11H23NO3/c1-3-15-8-11(14)7-12(2)6-9-4-10(13)5-9/h9-11,13-14H,3-8H2,1-2H3. The molecule has 4 heteroatoms. The summed E-state index contributed by atoms with van der Waals surface area (Å²) in [5.41, 5.74) is 0. The molecule has 0 aromatic heterocycles. The van der Waals surface area contributed by atoms with Crippen LogP contribution in [-0.4, -0.2) is 60.7 Å². The molecule has 0 heterocycles. The van der Waals surface area contributed by atoms with Crippen LogP contribution < -0.4 is 0 Å². The third kappa shape index (κ3) is 4.93. The Morgan fingerprint density at radius 1 is 1.47 bits per heavy atom. The zero-order valence-electron chi connectivity index (χ0n) is 9.72. The Morgan fingerprint density at radius 2 is 2.13 bits per heavy atom. The highest BCUT2D eigenvalue weighted by Crippen LogP contribution is 2.27. The van der Waals surface area contributed by atoms with Gasteiger partial charge >= 0.3 is 0 Å². The molecule has 1 atom stereocenters. The monoisotopic (exact) mass is 217 g/mol. The molecule has 2 N–H and O–H groups in total. The Morgan fingerprint density at radius 3 is 2.67 bits per heavy atom. The lowest BCUT2D eigenvalue weighted by molar-refractivity contribution is 0.00289. The SMILES string of the molecule is CCOCC(O)CN(C)CC1CC(O)C1. The molecule has 0 aliphatic heterocycles. The number of aliphatic hydroxyl groups excluding tert-OH is 2. The molecule has 15 heavy (non-hydrogen) atoms. The second kappa shape index (κ2) is 6.43. The lowest BCUT2D eigenvalue weighted by Gasteiger charge is -2.34. The van der Waals surface area contributed by atoms with Gasteiger partial charge in [0.2, 0.25) is 0 Å². The molecule has 1 aliphatic rings. The third-order valence-electron chi connectivity index (χ3n) is 2.82. The lowest BCUT2D eigenvalue weighted by Crippen LogP contribution is -2.40. The van der Waals surface area contributed by atoms with Crippen LogP contribution in [-0.2, 0) is 4.74 Å². The molecule has 0 aromatic rings. The summed E-state index contributed by atoms with van der Waals surface area (Å²) >= 11 is 0. The van der Waals surface area contributed by atoms with Crippen LogP contribution in [0.3, 0.4) is 0 Å². The van der Waals surface area contributed by atoms with E-state index in [1.165, 1.54) is 0 Å². The van der Waals surface area contributed by atoms with Gasteiger partial charge < -0.3 is 19.8 Å². The number of hydrogen-bond donors (Lipinski definition) is 2. The van der Waals surface area contributed by atoms with Gasteiger partial charge in [0.25, 0.3) is 0 Å². The summed E-state index contributed by atoms with van der Waals surface area (Å²) in [6.45, 7) is 4.59. The lowest BCUT2D eigenvalue weighted by atomic mass is 9.82. The second-order valence-electron chi connectivity index (χ2n) is 4.53. The van der Waals surface area contributed by atoms with Crippen LogP contribution in [0.5, 0.6) is 0 Å².